The molecule has 0 saturated carbocycles. The van der Waals surface area contributed by atoms with Crippen LogP contribution in [0.1, 0.15) is 24.3 Å². The molecule has 1 N–H and O–H groups in total. The molecule has 1 aromatic carbocycles. The van der Waals surface area contributed by atoms with Crippen LogP contribution in [-0.2, 0) is 0 Å². The normalized spacial score (nSPS) is 12.7. The monoisotopic (exact) mass is 343 g/mol. The summed E-state index contributed by atoms with van der Waals surface area (Å²) in [4.78, 5) is 2.64. The fourth-order valence-corrected chi connectivity index (χ4v) is 4.19. The average Bonchev–Trinajstić information content (AvgIpc) is 2.80. The average molecular weight is 345 g/mol. The molecule has 0 amide bonds. The van der Waals surface area contributed by atoms with Crippen molar-refractivity contribution < 1.29 is 0 Å². The minimum absolute atomic E-state index is 0.440. The van der Waals surface area contributed by atoms with Crippen LogP contribution in [0.25, 0.3) is 10.4 Å². The van der Waals surface area contributed by atoms with Gasteiger partial charge in [-0.25, -0.2) is 0 Å². The molecule has 18 heavy (non-hydrogen) atoms. The highest BCUT2D eigenvalue weighted by molar-refractivity contribution is 9.10. The number of benzene rings is 1. The molecule has 2 rings (SSSR count). The lowest BCUT2D eigenvalue weighted by molar-refractivity contribution is 0.586. The van der Waals surface area contributed by atoms with Crippen LogP contribution in [-0.4, -0.2) is 7.05 Å². The second kappa shape index (κ2) is 6.20. The summed E-state index contributed by atoms with van der Waals surface area (Å²) in [5.41, 5.74) is 1.20. The van der Waals surface area contributed by atoms with Crippen molar-refractivity contribution in [1.82, 2.24) is 5.32 Å². The predicted octanol–water partition coefficient (Wildman–Crippen LogP) is 5.50. The van der Waals surface area contributed by atoms with Gasteiger partial charge in [-0.3, -0.25) is 0 Å². The van der Waals surface area contributed by atoms with Crippen LogP contribution < -0.4 is 5.32 Å². The third kappa shape index (κ3) is 2.97. The summed E-state index contributed by atoms with van der Waals surface area (Å²) >= 11 is 11.4. The van der Waals surface area contributed by atoms with Crippen molar-refractivity contribution in [2.75, 3.05) is 7.05 Å². The van der Waals surface area contributed by atoms with E-state index in [9.17, 15) is 0 Å². The van der Waals surface area contributed by atoms with Crippen LogP contribution in [0.4, 0.5) is 0 Å². The quantitative estimate of drug-likeness (QED) is 0.772. The molecule has 0 aliphatic heterocycles. The Hall–Kier alpha value is -0.350. The van der Waals surface area contributed by atoms with Crippen LogP contribution in [0.15, 0.2) is 34.8 Å². The number of halogens is 2. The SMILES string of the molecule is CCC(NC)c1ccc(-c2ccc(Cl)cc2Br)s1. The van der Waals surface area contributed by atoms with Gasteiger partial charge in [0.15, 0.2) is 0 Å². The van der Waals surface area contributed by atoms with Gasteiger partial charge < -0.3 is 5.32 Å². The maximum atomic E-state index is 5.97. The molecule has 0 aliphatic carbocycles. The zero-order chi connectivity index (χ0) is 13.1. The maximum Gasteiger partial charge on any atom is 0.0417 e. The number of hydrogen-bond donors (Lipinski definition) is 1. The molecule has 1 heterocycles. The topological polar surface area (TPSA) is 12.0 Å². The van der Waals surface area contributed by atoms with Crippen molar-refractivity contribution in [3.05, 3.63) is 44.7 Å². The molecule has 4 heteroatoms. The van der Waals surface area contributed by atoms with Gasteiger partial charge >= 0.3 is 0 Å². The zero-order valence-corrected chi connectivity index (χ0v) is 13.5. The highest BCUT2D eigenvalue weighted by Gasteiger charge is 2.12. The Morgan fingerprint density at radius 2 is 2.11 bits per heavy atom. The van der Waals surface area contributed by atoms with Crippen LogP contribution in [0.5, 0.6) is 0 Å². The molecular weight excluding hydrogens is 330 g/mol. The fraction of sp³-hybridized carbons (Fsp3) is 0.286. The Kier molecular flexibility index (Phi) is 4.84. The molecule has 1 unspecified atom stereocenters. The smallest absolute Gasteiger partial charge is 0.0417 e. The molecule has 1 aromatic heterocycles. The predicted molar refractivity (Wildman–Crippen MR) is 84.6 cm³/mol. The molecule has 0 radical (unpaired) electrons. The highest BCUT2D eigenvalue weighted by atomic mass is 79.9. The second-order valence-electron chi connectivity index (χ2n) is 4.08. The third-order valence-corrected chi connectivity index (χ3v) is 5.05. The molecule has 0 saturated heterocycles. The third-order valence-electron chi connectivity index (χ3n) is 2.92. The van der Waals surface area contributed by atoms with E-state index in [1.54, 1.807) is 0 Å². The van der Waals surface area contributed by atoms with Gasteiger partial charge in [0, 0.05) is 30.9 Å². The molecule has 0 bridgehead atoms. The Morgan fingerprint density at radius 3 is 2.72 bits per heavy atom. The van der Waals surface area contributed by atoms with Gasteiger partial charge in [-0.05, 0) is 37.7 Å². The van der Waals surface area contributed by atoms with E-state index in [2.05, 4.69) is 46.4 Å². The van der Waals surface area contributed by atoms with Crippen molar-refractivity contribution in [1.29, 1.82) is 0 Å². The lowest BCUT2D eigenvalue weighted by Gasteiger charge is -2.10. The van der Waals surface area contributed by atoms with Crippen LogP contribution >= 0.6 is 38.9 Å². The first-order chi connectivity index (χ1) is 8.65. The van der Waals surface area contributed by atoms with E-state index in [4.69, 9.17) is 11.6 Å². The molecule has 1 atom stereocenters. The van der Waals surface area contributed by atoms with Crippen molar-refractivity contribution in [2.24, 2.45) is 0 Å². The van der Waals surface area contributed by atoms with Gasteiger partial charge in [0.1, 0.15) is 0 Å². The van der Waals surface area contributed by atoms with Gasteiger partial charge in [0.2, 0.25) is 0 Å². The summed E-state index contributed by atoms with van der Waals surface area (Å²) in [6.07, 6.45) is 1.10. The Labute approximate surface area is 125 Å². The molecule has 1 nitrogen and oxygen atoms in total. The van der Waals surface area contributed by atoms with Gasteiger partial charge in [-0.15, -0.1) is 11.3 Å². The van der Waals surface area contributed by atoms with Gasteiger partial charge in [-0.1, -0.05) is 40.5 Å². The number of nitrogens with one attached hydrogen (secondary N) is 1. The molecule has 0 fully saturated rings. The first-order valence-corrected chi connectivity index (χ1v) is 7.87. The lowest BCUT2D eigenvalue weighted by atomic mass is 10.1. The van der Waals surface area contributed by atoms with Gasteiger partial charge in [0.05, 0.1) is 0 Å². The summed E-state index contributed by atoms with van der Waals surface area (Å²) in [7, 11) is 2.01. The van der Waals surface area contributed by atoms with Crippen molar-refractivity contribution in [3.8, 4) is 10.4 Å². The zero-order valence-electron chi connectivity index (χ0n) is 10.3. The molecule has 0 spiro atoms. The largest absolute Gasteiger partial charge is 0.312 e. The summed E-state index contributed by atoms with van der Waals surface area (Å²) in [6.45, 7) is 2.19. The number of rotatable bonds is 4. The second-order valence-corrected chi connectivity index (χ2v) is 6.48. The van der Waals surface area contributed by atoms with E-state index in [0.29, 0.717) is 6.04 Å². The minimum Gasteiger partial charge on any atom is -0.312 e. The summed E-state index contributed by atoms with van der Waals surface area (Å²) in [6, 6.07) is 10.7. The van der Waals surface area contributed by atoms with E-state index in [0.717, 1.165) is 15.9 Å². The molecular formula is C14H15BrClNS. The first-order valence-electron chi connectivity index (χ1n) is 5.88. The molecule has 0 aliphatic rings. The van der Waals surface area contributed by atoms with Crippen LogP contribution in [0, 0.1) is 0 Å². The fourth-order valence-electron chi connectivity index (χ4n) is 1.92. The van der Waals surface area contributed by atoms with Gasteiger partial charge in [0.25, 0.3) is 0 Å². The summed E-state index contributed by atoms with van der Waals surface area (Å²) < 4.78 is 1.04. The van der Waals surface area contributed by atoms with E-state index in [1.165, 1.54) is 15.3 Å². The summed E-state index contributed by atoms with van der Waals surface area (Å²) in [5, 5.41) is 4.09. The minimum atomic E-state index is 0.440. The lowest BCUT2D eigenvalue weighted by Crippen LogP contribution is -2.13. The van der Waals surface area contributed by atoms with Crippen molar-refractivity contribution in [3.63, 3.8) is 0 Å². The molecule has 2 aromatic rings. The number of hydrogen-bond acceptors (Lipinski definition) is 2. The van der Waals surface area contributed by atoms with Gasteiger partial charge in [-0.2, -0.15) is 0 Å². The maximum absolute atomic E-state index is 5.97. The standard InChI is InChI=1S/C14H15BrClNS/c1-3-12(17-2)14-7-6-13(18-14)10-5-4-9(16)8-11(10)15/h4-8,12,17H,3H2,1-2H3. The van der Waals surface area contributed by atoms with E-state index in [1.807, 2.05) is 30.5 Å². The summed E-state index contributed by atoms with van der Waals surface area (Å²) in [5.74, 6) is 0. The first kappa shape index (κ1) is 14.1. The van der Waals surface area contributed by atoms with E-state index < -0.39 is 0 Å². The van der Waals surface area contributed by atoms with Crippen molar-refractivity contribution in [2.45, 2.75) is 19.4 Å². The Bertz CT molecular complexity index is 534. The Morgan fingerprint density at radius 1 is 1.33 bits per heavy atom. The van der Waals surface area contributed by atoms with E-state index in [-0.39, 0.29) is 0 Å². The highest BCUT2D eigenvalue weighted by Crippen LogP contribution is 2.37. The van der Waals surface area contributed by atoms with Crippen LogP contribution in [0.3, 0.4) is 0 Å². The molecule has 96 valence electrons. The van der Waals surface area contributed by atoms with Crippen molar-refractivity contribution >= 4 is 38.9 Å². The van der Waals surface area contributed by atoms with Crippen LogP contribution in [0.2, 0.25) is 5.02 Å². The Balaban J connectivity index is 2.34. The van der Waals surface area contributed by atoms with E-state index >= 15 is 0 Å². The number of thiophene rings is 1.